The van der Waals surface area contributed by atoms with Crippen molar-refractivity contribution < 1.29 is 26.7 Å². The summed E-state index contributed by atoms with van der Waals surface area (Å²) >= 11 is 2.54. The minimum atomic E-state index is -4.82. The molecule has 0 aliphatic rings. The van der Waals surface area contributed by atoms with Gasteiger partial charge in [-0.05, 0) is 53.6 Å². The van der Waals surface area contributed by atoms with Crippen LogP contribution < -0.4 is 10.0 Å². The zero-order chi connectivity index (χ0) is 24.8. The number of benzene rings is 2. The van der Waals surface area contributed by atoms with E-state index < -0.39 is 27.8 Å². The van der Waals surface area contributed by atoms with Crippen molar-refractivity contribution in [2.45, 2.75) is 33.8 Å². The summed E-state index contributed by atoms with van der Waals surface area (Å²) in [5, 5.41) is 16.4. The van der Waals surface area contributed by atoms with Crippen molar-refractivity contribution in [1.82, 2.24) is 4.72 Å². The van der Waals surface area contributed by atoms with E-state index in [1.165, 1.54) is 42.1 Å². The average molecular weight is 529 g/mol. The molecule has 1 heterocycles. The van der Waals surface area contributed by atoms with Gasteiger partial charge in [0.2, 0.25) is 10.0 Å². The Morgan fingerprint density at radius 3 is 2.32 bits per heavy atom. The highest BCUT2D eigenvalue weighted by atomic mass is 32.2. The Balaban J connectivity index is 1.74. The Labute approximate surface area is 204 Å². The summed E-state index contributed by atoms with van der Waals surface area (Å²) < 4.78 is 67.0. The molecule has 182 valence electrons. The van der Waals surface area contributed by atoms with E-state index in [0.29, 0.717) is 12.6 Å². The number of anilines is 1. The molecule has 2 atom stereocenters. The van der Waals surface area contributed by atoms with Crippen molar-refractivity contribution in [3.63, 3.8) is 0 Å². The van der Waals surface area contributed by atoms with Crippen LogP contribution in [0.2, 0.25) is 0 Å². The molecule has 0 aliphatic heterocycles. The highest BCUT2D eigenvalue weighted by molar-refractivity contribution is 8.02. The molecule has 0 bridgehead atoms. The Morgan fingerprint density at radius 1 is 1.06 bits per heavy atom. The second-order valence-electron chi connectivity index (χ2n) is 7.44. The van der Waals surface area contributed by atoms with Crippen LogP contribution in [-0.2, 0) is 15.6 Å². The zero-order valence-electron chi connectivity index (χ0n) is 18.0. The van der Waals surface area contributed by atoms with Gasteiger partial charge in [0.15, 0.2) is 5.60 Å². The quantitative estimate of drug-likeness (QED) is 0.299. The van der Waals surface area contributed by atoms with E-state index in [2.05, 4.69) is 10.0 Å². The smallest absolute Gasteiger partial charge is 0.377 e. The summed E-state index contributed by atoms with van der Waals surface area (Å²) in [4.78, 5) is 0.996. The molecule has 0 radical (unpaired) electrons. The molecule has 3 N–H and O–H groups in total. The zero-order valence-corrected chi connectivity index (χ0v) is 20.4. The summed E-state index contributed by atoms with van der Waals surface area (Å²) in [7, 11) is -3.69. The molecule has 3 aromatic rings. The Kier molecular flexibility index (Phi) is 8.47. The summed E-state index contributed by atoms with van der Waals surface area (Å²) in [6, 6.07) is 17.4. The molecule has 0 amide bonds. The number of aliphatic hydroxyl groups is 1. The molecule has 0 spiro atoms. The molecular formula is C23H23F3N2O3S3. The van der Waals surface area contributed by atoms with Crippen LogP contribution in [0.3, 0.4) is 0 Å². The average Bonchev–Trinajstić information content (AvgIpc) is 3.34. The van der Waals surface area contributed by atoms with E-state index in [0.717, 1.165) is 16.2 Å². The molecule has 0 saturated carbocycles. The van der Waals surface area contributed by atoms with Crippen LogP contribution in [0.15, 0.2) is 92.7 Å². The number of hydrogen-bond acceptors (Lipinski definition) is 6. The van der Waals surface area contributed by atoms with E-state index in [9.17, 15) is 26.7 Å². The third-order valence-corrected chi connectivity index (χ3v) is 8.52. The summed E-state index contributed by atoms with van der Waals surface area (Å²) in [6.45, 7) is 0.704. The lowest BCUT2D eigenvalue weighted by Gasteiger charge is -2.27. The molecule has 0 fully saturated rings. The van der Waals surface area contributed by atoms with Crippen molar-refractivity contribution in [3.8, 4) is 0 Å². The first-order valence-electron chi connectivity index (χ1n) is 10.1. The van der Waals surface area contributed by atoms with Gasteiger partial charge < -0.3 is 10.4 Å². The molecule has 11 heteroatoms. The number of halogens is 3. The molecule has 1 unspecified atom stereocenters. The third-order valence-electron chi connectivity index (χ3n) is 4.86. The van der Waals surface area contributed by atoms with Crippen LogP contribution in [0.1, 0.15) is 12.5 Å². The van der Waals surface area contributed by atoms with Gasteiger partial charge in [0.05, 0.1) is 6.04 Å². The SMILES string of the molecule is CC(O)(c1ccc(N[C@@H](/C=C/Sc2ccccc2)CNS(=O)(=O)c2cccs2)cc1)C(F)(F)F. The van der Waals surface area contributed by atoms with Crippen LogP contribution in [0, 0.1) is 0 Å². The van der Waals surface area contributed by atoms with E-state index in [1.807, 2.05) is 35.7 Å². The van der Waals surface area contributed by atoms with E-state index in [-0.39, 0.29) is 16.3 Å². The molecular weight excluding hydrogens is 505 g/mol. The van der Waals surface area contributed by atoms with Gasteiger partial charge in [0.25, 0.3) is 0 Å². The summed E-state index contributed by atoms with van der Waals surface area (Å²) in [6.07, 6.45) is -3.05. The van der Waals surface area contributed by atoms with Gasteiger partial charge in [-0.15, -0.1) is 11.3 Å². The van der Waals surface area contributed by atoms with Gasteiger partial charge in [-0.2, -0.15) is 13.2 Å². The molecule has 5 nitrogen and oxygen atoms in total. The molecule has 34 heavy (non-hydrogen) atoms. The largest absolute Gasteiger partial charge is 0.421 e. The Hall–Kier alpha value is -2.31. The minimum Gasteiger partial charge on any atom is -0.377 e. The Morgan fingerprint density at radius 2 is 1.74 bits per heavy atom. The highest BCUT2D eigenvalue weighted by Gasteiger charge is 2.51. The topological polar surface area (TPSA) is 78.4 Å². The first kappa shape index (κ1) is 26.3. The lowest BCUT2D eigenvalue weighted by Crippen LogP contribution is -2.39. The maximum absolute atomic E-state index is 13.1. The van der Waals surface area contributed by atoms with Gasteiger partial charge in [-0.1, -0.05) is 54.2 Å². The molecule has 2 aromatic carbocycles. The molecule has 1 aromatic heterocycles. The first-order valence-corrected chi connectivity index (χ1v) is 13.3. The highest BCUT2D eigenvalue weighted by Crippen LogP contribution is 2.38. The molecule has 0 saturated heterocycles. The minimum absolute atomic E-state index is 0.00804. The van der Waals surface area contributed by atoms with Gasteiger partial charge in [0.1, 0.15) is 4.21 Å². The summed E-state index contributed by atoms with van der Waals surface area (Å²) in [5.41, 5.74) is -2.81. The maximum Gasteiger partial charge on any atom is 0.421 e. The van der Waals surface area contributed by atoms with Crippen LogP contribution in [0.5, 0.6) is 0 Å². The number of thioether (sulfide) groups is 1. The fourth-order valence-electron chi connectivity index (χ4n) is 2.83. The normalized spacial score (nSPS) is 15.2. The monoisotopic (exact) mass is 528 g/mol. The number of thiophene rings is 1. The predicted octanol–water partition coefficient (Wildman–Crippen LogP) is 5.58. The van der Waals surface area contributed by atoms with Gasteiger partial charge >= 0.3 is 6.18 Å². The van der Waals surface area contributed by atoms with Crippen molar-refractivity contribution >= 4 is 38.8 Å². The summed E-state index contributed by atoms with van der Waals surface area (Å²) in [5.74, 6) is 0. The van der Waals surface area contributed by atoms with Crippen molar-refractivity contribution in [2.75, 3.05) is 11.9 Å². The molecule has 3 rings (SSSR count). The fraction of sp³-hybridized carbons (Fsp3) is 0.217. The second kappa shape index (κ2) is 11.0. The lowest BCUT2D eigenvalue weighted by atomic mass is 9.95. The first-order chi connectivity index (χ1) is 16.0. The van der Waals surface area contributed by atoms with Crippen molar-refractivity contribution in [2.24, 2.45) is 0 Å². The standard InChI is InChI=1S/C23H23F3N2O3S3/c1-22(29,23(24,25)26)17-9-11-18(12-10-17)28-19(13-15-32-20-6-3-2-4-7-20)16-27-34(30,31)21-8-5-14-33-21/h2-15,19,27-29H,16H2,1H3/b15-13+/t19-,22?/m0/s1. The van der Waals surface area contributed by atoms with Crippen LogP contribution in [0.4, 0.5) is 18.9 Å². The van der Waals surface area contributed by atoms with Gasteiger partial charge in [-0.25, -0.2) is 13.1 Å². The number of alkyl halides is 3. The van der Waals surface area contributed by atoms with Crippen LogP contribution in [0.25, 0.3) is 0 Å². The van der Waals surface area contributed by atoms with E-state index in [1.54, 1.807) is 17.5 Å². The van der Waals surface area contributed by atoms with Crippen molar-refractivity contribution in [1.29, 1.82) is 0 Å². The number of rotatable bonds is 10. The van der Waals surface area contributed by atoms with Crippen LogP contribution >= 0.6 is 23.1 Å². The predicted molar refractivity (Wildman–Crippen MR) is 130 cm³/mol. The lowest BCUT2D eigenvalue weighted by molar-refractivity contribution is -0.258. The van der Waals surface area contributed by atoms with Crippen LogP contribution in [-0.4, -0.2) is 32.3 Å². The number of hydrogen-bond donors (Lipinski definition) is 3. The van der Waals surface area contributed by atoms with Gasteiger partial charge in [-0.3, -0.25) is 0 Å². The van der Waals surface area contributed by atoms with E-state index >= 15 is 0 Å². The molecule has 0 aliphatic carbocycles. The number of sulfonamides is 1. The fourth-order valence-corrected chi connectivity index (χ4v) is 5.67. The Bertz CT molecular complexity index is 1180. The van der Waals surface area contributed by atoms with Crippen molar-refractivity contribution in [3.05, 3.63) is 89.2 Å². The maximum atomic E-state index is 13.1. The van der Waals surface area contributed by atoms with Gasteiger partial charge in [0, 0.05) is 17.1 Å². The van der Waals surface area contributed by atoms with E-state index in [4.69, 9.17) is 0 Å². The third kappa shape index (κ3) is 6.86. The second-order valence-corrected chi connectivity index (χ2v) is 11.4. The number of nitrogens with one attached hydrogen (secondary N) is 2.